The van der Waals surface area contributed by atoms with E-state index in [1.54, 1.807) is 11.8 Å². The number of thioether (sulfide) groups is 1. The third-order valence-electron chi connectivity index (χ3n) is 4.61. The Kier molecular flexibility index (Phi) is 6.10. The summed E-state index contributed by atoms with van der Waals surface area (Å²) in [6.45, 7) is 6.43. The molecule has 5 heteroatoms. The number of anilines is 1. The molecule has 1 atom stereocenters. The molecule has 2 heterocycles. The molecule has 1 aromatic heterocycles. The highest BCUT2D eigenvalue weighted by Gasteiger charge is 2.27. The van der Waals surface area contributed by atoms with Gasteiger partial charge >= 0.3 is 0 Å². The maximum Gasteiger partial charge on any atom is 0.151 e. The molecule has 0 bridgehead atoms. The van der Waals surface area contributed by atoms with Gasteiger partial charge in [0.2, 0.25) is 0 Å². The molecular weight excluding hydrogens is 316 g/mol. The average Bonchev–Trinajstić information content (AvgIpc) is 2.64. The van der Waals surface area contributed by atoms with Crippen LogP contribution >= 0.6 is 11.8 Å². The van der Waals surface area contributed by atoms with Gasteiger partial charge in [-0.15, -0.1) is 22.0 Å². The molecule has 0 saturated carbocycles. The van der Waals surface area contributed by atoms with Crippen LogP contribution in [0.2, 0.25) is 0 Å². The van der Waals surface area contributed by atoms with Crippen LogP contribution in [0.5, 0.6) is 0 Å². The first-order chi connectivity index (χ1) is 11.8. The van der Waals surface area contributed by atoms with E-state index < -0.39 is 0 Å². The minimum atomic E-state index is 0.575. The number of nitrogens with zero attached hydrogens (tertiary/aromatic N) is 4. The van der Waals surface area contributed by atoms with Gasteiger partial charge in [-0.2, -0.15) is 0 Å². The van der Waals surface area contributed by atoms with E-state index in [0.29, 0.717) is 6.04 Å². The molecule has 4 nitrogen and oxygen atoms in total. The molecule has 0 spiro atoms. The van der Waals surface area contributed by atoms with Crippen molar-refractivity contribution in [2.75, 3.05) is 30.8 Å². The predicted molar refractivity (Wildman–Crippen MR) is 102 cm³/mol. The highest BCUT2D eigenvalue weighted by atomic mass is 32.2. The lowest BCUT2D eigenvalue weighted by atomic mass is 10.1. The first-order valence-electron chi connectivity index (χ1n) is 8.70. The smallest absolute Gasteiger partial charge is 0.151 e. The molecule has 1 aromatic carbocycles. The summed E-state index contributed by atoms with van der Waals surface area (Å²) < 4.78 is 0. The average molecular weight is 343 g/mol. The first-order valence-corrected chi connectivity index (χ1v) is 9.93. The molecule has 128 valence electrons. The van der Waals surface area contributed by atoms with Gasteiger partial charge in [-0.1, -0.05) is 43.7 Å². The summed E-state index contributed by atoms with van der Waals surface area (Å²) in [5, 5.41) is 9.68. The molecule has 1 aliphatic rings. The maximum absolute atomic E-state index is 4.41. The van der Waals surface area contributed by atoms with E-state index in [-0.39, 0.29) is 0 Å². The second-order valence-corrected chi connectivity index (χ2v) is 7.11. The maximum atomic E-state index is 4.41. The van der Waals surface area contributed by atoms with Crippen LogP contribution in [0.4, 0.5) is 5.82 Å². The zero-order valence-electron chi connectivity index (χ0n) is 14.6. The van der Waals surface area contributed by atoms with Crippen LogP contribution in [0.25, 0.3) is 0 Å². The first kappa shape index (κ1) is 17.2. The number of hydrogen-bond acceptors (Lipinski definition) is 5. The topological polar surface area (TPSA) is 32.3 Å². The van der Waals surface area contributed by atoms with Crippen LogP contribution in [0, 0.1) is 0 Å². The molecule has 0 amide bonds. The van der Waals surface area contributed by atoms with Crippen LogP contribution in [0.1, 0.15) is 25.3 Å². The van der Waals surface area contributed by atoms with Crippen molar-refractivity contribution in [2.45, 2.75) is 37.4 Å². The molecule has 3 rings (SSSR count). The van der Waals surface area contributed by atoms with Crippen LogP contribution in [0.15, 0.2) is 47.5 Å². The molecular formula is C19H26N4S. The fraction of sp³-hybridized carbons (Fsp3) is 0.474. The zero-order chi connectivity index (χ0) is 16.8. The Morgan fingerprint density at radius 2 is 1.92 bits per heavy atom. The van der Waals surface area contributed by atoms with Gasteiger partial charge in [-0.3, -0.25) is 4.90 Å². The van der Waals surface area contributed by atoms with Crippen molar-refractivity contribution in [3.63, 3.8) is 0 Å². The number of piperazine rings is 1. The second kappa shape index (κ2) is 8.49. The highest BCUT2D eigenvalue weighted by molar-refractivity contribution is 7.98. The molecule has 1 unspecified atom stereocenters. The lowest BCUT2D eigenvalue weighted by Crippen LogP contribution is -2.53. The fourth-order valence-electron chi connectivity index (χ4n) is 3.32. The molecule has 24 heavy (non-hydrogen) atoms. The van der Waals surface area contributed by atoms with Crippen LogP contribution in [0.3, 0.4) is 0 Å². The molecule has 2 aromatic rings. The quantitative estimate of drug-likeness (QED) is 0.748. The van der Waals surface area contributed by atoms with Crippen LogP contribution in [-0.2, 0) is 6.54 Å². The summed E-state index contributed by atoms with van der Waals surface area (Å²) in [6, 6.07) is 15.5. The van der Waals surface area contributed by atoms with Gasteiger partial charge in [-0.05, 0) is 30.4 Å². The third kappa shape index (κ3) is 4.28. The van der Waals surface area contributed by atoms with Crippen LogP contribution < -0.4 is 4.90 Å². The number of rotatable bonds is 6. The van der Waals surface area contributed by atoms with Gasteiger partial charge < -0.3 is 4.90 Å². The van der Waals surface area contributed by atoms with E-state index >= 15 is 0 Å². The minimum absolute atomic E-state index is 0.575. The van der Waals surface area contributed by atoms with Crippen molar-refractivity contribution in [1.29, 1.82) is 0 Å². The number of benzene rings is 1. The lowest BCUT2D eigenvalue weighted by Gasteiger charge is -2.42. The summed E-state index contributed by atoms with van der Waals surface area (Å²) in [7, 11) is 0. The van der Waals surface area contributed by atoms with Crippen molar-refractivity contribution < 1.29 is 0 Å². The Balaban J connectivity index is 1.68. The standard InChI is InChI=1S/C19H26N4S/c1-3-7-17-15-23(18-10-11-19(24-2)21-20-18)13-12-22(17)14-16-8-5-4-6-9-16/h4-6,8-11,17H,3,7,12-15H2,1-2H3. The van der Waals surface area contributed by atoms with E-state index in [9.17, 15) is 0 Å². The summed E-state index contributed by atoms with van der Waals surface area (Å²) in [6.07, 6.45) is 4.46. The SMILES string of the molecule is CCCC1CN(c2ccc(SC)nn2)CCN1Cc1ccccc1. The van der Waals surface area contributed by atoms with Gasteiger partial charge in [0.05, 0.1) is 0 Å². The normalized spacial score (nSPS) is 18.8. The van der Waals surface area contributed by atoms with Gasteiger partial charge in [0.1, 0.15) is 5.03 Å². The third-order valence-corrected chi connectivity index (χ3v) is 5.25. The largest absolute Gasteiger partial charge is 0.352 e. The highest BCUT2D eigenvalue weighted by Crippen LogP contribution is 2.22. The summed E-state index contributed by atoms with van der Waals surface area (Å²) in [4.78, 5) is 5.01. The molecule has 1 saturated heterocycles. The van der Waals surface area contributed by atoms with E-state index in [0.717, 1.165) is 37.0 Å². The second-order valence-electron chi connectivity index (χ2n) is 6.28. The molecule has 0 aliphatic carbocycles. The summed E-state index contributed by atoms with van der Waals surface area (Å²) in [5.41, 5.74) is 1.40. The van der Waals surface area contributed by atoms with Gasteiger partial charge in [-0.25, -0.2) is 0 Å². The Morgan fingerprint density at radius 1 is 1.08 bits per heavy atom. The van der Waals surface area contributed by atoms with Gasteiger partial charge in [0.15, 0.2) is 5.82 Å². The molecule has 0 radical (unpaired) electrons. The Labute approximate surface area is 149 Å². The zero-order valence-corrected chi connectivity index (χ0v) is 15.4. The Hall–Kier alpha value is -1.59. The van der Waals surface area contributed by atoms with Crippen LogP contribution in [-0.4, -0.2) is 47.0 Å². The lowest BCUT2D eigenvalue weighted by molar-refractivity contribution is 0.158. The van der Waals surface area contributed by atoms with Crippen molar-refractivity contribution >= 4 is 17.6 Å². The van der Waals surface area contributed by atoms with Crippen molar-refractivity contribution in [1.82, 2.24) is 15.1 Å². The predicted octanol–water partition coefficient (Wildman–Crippen LogP) is 3.69. The minimum Gasteiger partial charge on any atom is -0.352 e. The molecule has 1 fully saturated rings. The van der Waals surface area contributed by atoms with E-state index in [4.69, 9.17) is 0 Å². The van der Waals surface area contributed by atoms with Crippen molar-refractivity contribution in [3.05, 3.63) is 48.0 Å². The summed E-state index contributed by atoms with van der Waals surface area (Å²) in [5.74, 6) is 1.01. The monoisotopic (exact) mass is 342 g/mol. The Bertz CT molecular complexity index is 617. The summed E-state index contributed by atoms with van der Waals surface area (Å²) >= 11 is 1.63. The molecule has 1 aliphatic heterocycles. The van der Waals surface area contributed by atoms with E-state index in [1.165, 1.54) is 18.4 Å². The number of hydrogen-bond donors (Lipinski definition) is 0. The van der Waals surface area contributed by atoms with Gasteiger partial charge in [0.25, 0.3) is 0 Å². The van der Waals surface area contributed by atoms with Crippen molar-refractivity contribution in [2.24, 2.45) is 0 Å². The van der Waals surface area contributed by atoms with E-state index in [1.807, 2.05) is 6.26 Å². The number of aromatic nitrogens is 2. The van der Waals surface area contributed by atoms with Gasteiger partial charge in [0, 0.05) is 32.2 Å². The van der Waals surface area contributed by atoms with E-state index in [2.05, 4.69) is 69.4 Å². The Morgan fingerprint density at radius 3 is 2.58 bits per heavy atom. The van der Waals surface area contributed by atoms with Crippen molar-refractivity contribution in [3.8, 4) is 0 Å². The molecule has 0 N–H and O–H groups in total. The fourth-order valence-corrected chi connectivity index (χ4v) is 3.65.